The lowest BCUT2D eigenvalue weighted by molar-refractivity contribution is -0.359. The van der Waals surface area contributed by atoms with E-state index < -0.39 is 15.4 Å². The van der Waals surface area contributed by atoms with Gasteiger partial charge in [-0.15, -0.1) is 14.5 Å². The van der Waals surface area contributed by atoms with E-state index in [4.69, 9.17) is 0 Å². The Balaban J connectivity index is 2.76. The molecule has 1 heterocycles. The highest BCUT2D eigenvalue weighted by molar-refractivity contribution is 7.94. The van der Waals surface area contributed by atoms with Crippen molar-refractivity contribution in [2.75, 3.05) is 0 Å². The zero-order valence-corrected chi connectivity index (χ0v) is 7.23. The molecule has 1 aromatic rings. The maximum atomic E-state index is 12.1. The van der Waals surface area contributed by atoms with Crippen molar-refractivity contribution < 1.29 is 26.3 Å². The van der Waals surface area contributed by atoms with Gasteiger partial charge in [0.1, 0.15) is 12.0 Å². The smallest absolute Gasteiger partial charge is 0.303 e. The van der Waals surface area contributed by atoms with Crippen LogP contribution < -0.4 is 0 Å². The molecule has 0 spiro atoms. The number of nitrogens with zero attached hydrogens (tertiary/aromatic N) is 2. The summed E-state index contributed by atoms with van der Waals surface area (Å²) in [6, 6.07) is 0. The molecule has 7 nitrogen and oxygen atoms in total. The highest BCUT2D eigenvalue weighted by atomic mass is 32.3. The normalized spacial score (nSPS) is 11.8. The van der Waals surface area contributed by atoms with E-state index >= 15 is 0 Å². The number of rotatable bonds is 4. The molecule has 0 aliphatic heterocycles. The lowest BCUT2D eigenvalue weighted by Crippen LogP contribution is -1.94. The summed E-state index contributed by atoms with van der Waals surface area (Å²) in [6.07, 6.45) is 0. The van der Waals surface area contributed by atoms with E-state index in [1.165, 1.54) is 0 Å². The predicted octanol–water partition coefficient (Wildman–Crippen LogP) is 0.303. The monoisotopic (exact) mass is 233 g/mol. The summed E-state index contributed by atoms with van der Waals surface area (Å²) in [6.45, 7) is 0. The molecule has 74 valence electrons. The minimum atomic E-state index is -4.94. The van der Waals surface area contributed by atoms with E-state index in [0.717, 1.165) is 0 Å². The van der Waals surface area contributed by atoms with Gasteiger partial charge in [-0.05, 0) is 9.62 Å². The van der Waals surface area contributed by atoms with Crippen molar-refractivity contribution in [3.63, 3.8) is 0 Å². The maximum absolute atomic E-state index is 12.1. The van der Waals surface area contributed by atoms with Crippen LogP contribution in [0.2, 0.25) is 0 Å². The summed E-state index contributed by atoms with van der Waals surface area (Å²) in [7, 11) is -4.94. The molecule has 1 N–H and O–H groups in total. The summed E-state index contributed by atoms with van der Waals surface area (Å²) in [5.74, 6) is 0. The topological polar surface area (TPSA) is 94.2 Å². The molecule has 0 unspecified atom stereocenters. The molecule has 1 aromatic heterocycles. The standard InChI is InChI=1S/C2HF2N3O4S2/c3-10-11-12-1-5-2(7-6-1)13(4,8)9/h(H,5,6,7). The molecule has 0 fully saturated rings. The van der Waals surface area contributed by atoms with Crippen molar-refractivity contribution >= 4 is 22.3 Å². The van der Waals surface area contributed by atoms with Crippen LogP contribution in [0.1, 0.15) is 0 Å². The molecule has 0 aliphatic carbocycles. The molecule has 11 heteroatoms. The van der Waals surface area contributed by atoms with Gasteiger partial charge in [0.25, 0.3) is 5.16 Å². The van der Waals surface area contributed by atoms with E-state index in [1.807, 2.05) is 4.98 Å². The second kappa shape index (κ2) is 3.95. The molecular formula is C2HF2N3O4S2. The van der Waals surface area contributed by atoms with Crippen LogP contribution in [-0.4, -0.2) is 23.6 Å². The number of halogens is 2. The van der Waals surface area contributed by atoms with Crippen molar-refractivity contribution in [2.24, 2.45) is 0 Å². The quantitative estimate of drug-likeness (QED) is 0.346. The Bertz CT molecular complexity index is 376. The highest BCUT2D eigenvalue weighted by Gasteiger charge is 2.18. The van der Waals surface area contributed by atoms with Crippen LogP contribution in [0.3, 0.4) is 0 Å². The summed E-state index contributed by atoms with van der Waals surface area (Å²) in [5, 5.41) is 7.39. The number of hydrogen-bond donors (Lipinski definition) is 1. The zero-order valence-electron chi connectivity index (χ0n) is 5.60. The molecule has 1 rings (SSSR count). The number of nitrogens with one attached hydrogen (secondary N) is 1. The van der Waals surface area contributed by atoms with E-state index in [-0.39, 0.29) is 17.2 Å². The van der Waals surface area contributed by atoms with Gasteiger partial charge in [-0.1, -0.05) is 3.89 Å². The average Bonchev–Trinajstić information content (AvgIpc) is 2.47. The Morgan fingerprint density at radius 1 is 1.46 bits per heavy atom. The first-order valence-electron chi connectivity index (χ1n) is 2.53. The van der Waals surface area contributed by atoms with Gasteiger partial charge in [0.15, 0.2) is 0 Å². The SMILES string of the molecule is O=S(=O)(F)c1nnc(SOOF)[nH]1. The molecule has 0 radical (unpaired) electrons. The Morgan fingerprint density at radius 3 is 2.62 bits per heavy atom. The Labute approximate surface area is 74.7 Å². The minimum absolute atomic E-state index is 0.200. The fraction of sp³-hybridized carbons (Fsp3) is 0. The second-order valence-corrected chi connectivity index (χ2v) is 3.54. The molecule has 0 aromatic carbocycles. The van der Waals surface area contributed by atoms with Crippen molar-refractivity contribution in [1.29, 1.82) is 0 Å². The number of aromatic nitrogens is 3. The minimum Gasteiger partial charge on any atom is -0.303 e. The number of aromatic amines is 1. The highest BCUT2D eigenvalue weighted by Crippen LogP contribution is 2.16. The molecule has 0 amide bonds. The van der Waals surface area contributed by atoms with Gasteiger partial charge in [0, 0.05) is 0 Å². The molecule has 0 atom stereocenters. The summed E-state index contributed by atoms with van der Waals surface area (Å²) < 4.78 is 47.0. The molecular weight excluding hydrogens is 232 g/mol. The van der Waals surface area contributed by atoms with Crippen molar-refractivity contribution in [3.05, 3.63) is 0 Å². The summed E-state index contributed by atoms with van der Waals surface area (Å²) >= 11 is 0.200. The van der Waals surface area contributed by atoms with Crippen LogP contribution in [0.5, 0.6) is 0 Å². The van der Waals surface area contributed by atoms with E-state index in [1.54, 1.807) is 0 Å². The van der Waals surface area contributed by atoms with Crippen LogP contribution in [0.4, 0.5) is 8.41 Å². The second-order valence-electron chi connectivity index (χ2n) is 1.59. The maximum Gasteiger partial charge on any atom is 0.368 e. The summed E-state index contributed by atoms with van der Waals surface area (Å²) in [4.78, 5) is 1.89. The molecule has 0 aliphatic rings. The lowest BCUT2D eigenvalue weighted by atomic mass is 11.3. The van der Waals surface area contributed by atoms with Crippen LogP contribution in [0.25, 0.3) is 0 Å². The first kappa shape index (κ1) is 10.3. The average molecular weight is 233 g/mol. The first-order valence-corrected chi connectivity index (χ1v) is 4.66. The van der Waals surface area contributed by atoms with Crippen LogP contribution >= 0.6 is 12.0 Å². The van der Waals surface area contributed by atoms with Gasteiger partial charge in [0.05, 0.1) is 0 Å². The van der Waals surface area contributed by atoms with Gasteiger partial charge >= 0.3 is 10.2 Å². The first-order chi connectivity index (χ1) is 6.04. The Hall–Kier alpha value is -0.780. The van der Waals surface area contributed by atoms with Crippen LogP contribution in [0, 0.1) is 0 Å². The van der Waals surface area contributed by atoms with Gasteiger partial charge < -0.3 is 4.98 Å². The van der Waals surface area contributed by atoms with E-state index in [0.29, 0.717) is 0 Å². The third-order valence-electron chi connectivity index (χ3n) is 0.815. The molecule has 0 bridgehead atoms. The third kappa shape index (κ3) is 2.87. The number of hydrogen-bond acceptors (Lipinski definition) is 7. The molecule has 13 heavy (non-hydrogen) atoms. The van der Waals surface area contributed by atoms with Gasteiger partial charge in [-0.25, -0.2) is 0 Å². The lowest BCUT2D eigenvalue weighted by Gasteiger charge is -1.86. The van der Waals surface area contributed by atoms with Crippen LogP contribution in [0.15, 0.2) is 10.3 Å². The summed E-state index contributed by atoms with van der Waals surface area (Å²) in [5.41, 5.74) is 0. The van der Waals surface area contributed by atoms with Gasteiger partial charge in [-0.3, -0.25) is 0 Å². The van der Waals surface area contributed by atoms with Crippen molar-refractivity contribution in [1.82, 2.24) is 15.2 Å². The third-order valence-corrected chi connectivity index (χ3v) is 1.92. The van der Waals surface area contributed by atoms with E-state index in [9.17, 15) is 16.8 Å². The predicted molar refractivity (Wildman–Crippen MR) is 33.8 cm³/mol. The van der Waals surface area contributed by atoms with Crippen molar-refractivity contribution in [3.8, 4) is 0 Å². The fourth-order valence-electron chi connectivity index (χ4n) is 0.425. The number of H-pyrrole nitrogens is 1. The van der Waals surface area contributed by atoms with Crippen LogP contribution in [-0.2, 0) is 19.6 Å². The Kier molecular flexibility index (Phi) is 3.13. The van der Waals surface area contributed by atoms with Gasteiger partial charge in [0.2, 0.25) is 5.16 Å². The molecule has 0 saturated heterocycles. The fourth-order valence-corrected chi connectivity index (χ4v) is 1.15. The zero-order chi connectivity index (χ0) is 9.90. The van der Waals surface area contributed by atoms with E-state index in [2.05, 4.69) is 19.6 Å². The van der Waals surface area contributed by atoms with Crippen molar-refractivity contribution in [2.45, 2.75) is 10.3 Å². The van der Waals surface area contributed by atoms with Gasteiger partial charge in [-0.2, -0.15) is 8.42 Å². The Morgan fingerprint density at radius 2 is 2.15 bits per heavy atom. The largest absolute Gasteiger partial charge is 0.368 e. The molecule has 0 saturated carbocycles.